The normalized spacial score (nSPS) is 42.3. The molecule has 0 spiro atoms. The van der Waals surface area contributed by atoms with E-state index in [0.717, 1.165) is 16.7 Å². The van der Waals surface area contributed by atoms with E-state index < -0.39 is 52.2 Å². The lowest BCUT2D eigenvalue weighted by Gasteiger charge is -2.62. The Morgan fingerprint density at radius 3 is 2.54 bits per heavy atom. The van der Waals surface area contributed by atoms with Gasteiger partial charge in [0, 0.05) is 35.0 Å². The predicted molar refractivity (Wildman–Crippen MR) is 132 cm³/mol. The van der Waals surface area contributed by atoms with Gasteiger partial charge in [0.05, 0.1) is 38.8 Å². The SMILES string of the molecule is COC(=O)CC1C2(C)C3=C(C)C(c4ccoc4)CC3OC2C(OC(C)=O)C2C(C)(CO)C=CC(=O)C21C. The largest absolute Gasteiger partial charge is 0.472 e. The summed E-state index contributed by atoms with van der Waals surface area (Å²) in [5.74, 6) is -2.10. The van der Waals surface area contributed by atoms with Crippen molar-refractivity contribution < 1.29 is 38.1 Å². The molecule has 0 amide bonds. The van der Waals surface area contributed by atoms with Crippen molar-refractivity contribution in [1.82, 2.24) is 0 Å². The first kappa shape index (κ1) is 25.9. The minimum absolute atomic E-state index is 0.00633. The number of aliphatic hydroxyl groups is 1. The van der Waals surface area contributed by atoms with E-state index >= 15 is 0 Å². The Bertz CT molecular complexity index is 1180. The van der Waals surface area contributed by atoms with Crippen LogP contribution in [0, 0.1) is 28.1 Å². The topological polar surface area (TPSA) is 112 Å². The molecular formula is C29H36O8. The van der Waals surface area contributed by atoms with Crippen LogP contribution in [0.5, 0.6) is 0 Å². The van der Waals surface area contributed by atoms with Gasteiger partial charge < -0.3 is 23.7 Å². The van der Waals surface area contributed by atoms with Crippen LogP contribution in [-0.2, 0) is 28.6 Å². The molecular weight excluding hydrogens is 476 g/mol. The van der Waals surface area contributed by atoms with E-state index in [1.807, 2.05) is 26.8 Å². The van der Waals surface area contributed by atoms with Crippen molar-refractivity contribution >= 4 is 17.7 Å². The van der Waals surface area contributed by atoms with Gasteiger partial charge in [-0.2, -0.15) is 0 Å². The maximum atomic E-state index is 13.9. The molecule has 1 aromatic rings. The van der Waals surface area contributed by atoms with Crippen LogP contribution in [-0.4, -0.2) is 54.9 Å². The molecule has 9 atom stereocenters. The average Bonchev–Trinajstić information content (AvgIpc) is 3.56. The number of methoxy groups -OCH3 is 1. The Morgan fingerprint density at radius 2 is 1.95 bits per heavy atom. The zero-order valence-corrected chi connectivity index (χ0v) is 22.3. The molecule has 1 saturated carbocycles. The third-order valence-corrected chi connectivity index (χ3v) is 9.97. The van der Waals surface area contributed by atoms with E-state index in [2.05, 4.69) is 6.92 Å². The molecule has 37 heavy (non-hydrogen) atoms. The highest BCUT2D eigenvalue weighted by Gasteiger charge is 2.74. The number of ether oxygens (including phenoxy) is 3. The van der Waals surface area contributed by atoms with E-state index in [9.17, 15) is 19.5 Å². The molecule has 2 fully saturated rings. The standard InChI is InChI=1S/C29H36O8/c1-15-18(17-8-10-35-13-17)11-19-23(15)29(5)20(12-22(33)34-6)28(4)21(32)7-9-27(3,14-30)25(28)24(26(29)37-19)36-16(2)31/h7-10,13,18-20,24-26,30H,11-12,14H2,1-6H3. The summed E-state index contributed by atoms with van der Waals surface area (Å²) in [7, 11) is 1.34. The molecule has 1 aliphatic heterocycles. The molecule has 1 N–H and O–H groups in total. The van der Waals surface area contributed by atoms with Crippen LogP contribution in [0.15, 0.2) is 46.3 Å². The molecule has 200 valence electrons. The lowest BCUT2D eigenvalue weighted by molar-refractivity contribution is -0.226. The number of carbonyl (C=O) groups excluding carboxylic acids is 3. The molecule has 1 aromatic heterocycles. The molecule has 8 nitrogen and oxygen atoms in total. The van der Waals surface area contributed by atoms with Crippen LogP contribution >= 0.6 is 0 Å². The lowest BCUT2D eigenvalue weighted by atomic mass is 9.41. The number of carbonyl (C=O) groups is 3. The van der Waals surface area contributed by atoms with Crippen molar-refractivity contribution in [2.45, 2.75) is 71.7 Å². The number of furan rings is 1. The van der Waals surface area contributed by atoms with Gasteiger partial charge in [0.25, 0.3) is 0 Å². The van der Waals surface area contributed by atoms with Crippen molar-refractivity contribution in [3.63, 3.8) is 0 Å². The summed E-state index contributed by atoms with van der Waals surface area (Å²) in [5, 5.41) is 10.6. The third-order valence-electron chi connectivity index (χ3n) is 9.97. The van der Waals surface area contributed by atoms with Crippen molar-refractivity contribution in [2.24, 2.45) is 28.1 Å². The Morgan fingerprint density at radius 1 is 1.22 bits per heavy atom. The Hall–Kier alpha value is -2.71. The van der Waals surface area contributed by atoms with Gasteiger partial charge >= 0.3 is 11.9 Å². The Kier molecular flexibility index (Phi) is 6.07. The summed E-state index contributed by atoms with van der Waals surface area (Å²) in [6.07, 6.45) is 5.64. The summed E-state index contributed by atoms with van der Waals surface area (Å²) in [5.41, 5.74) is 0.423. The monoisotopic (exact) mass is 512 g/mol. The minimum Gasteiger partial charge on any atom is -0.472 e. The van der Waals surface area contributed by atoms with Gasteiger partial charge in [-0.3, -0.25) is 14.4 Å². The zero-order valence-electron chi connectivity index (χ0n) is 22.3. The van der Waals surface area contributed by atoms with Gasteiger partial charge in [0.2, 0.25) is 0 Å². The van der Waals surface area contributed by atoms with Crippen LogP contribution in [0.2, 0.25) is 0 Å². The molecule has 3 aliphatic carbocycles. The number of hydrogen-bond acceptors (Lipinski definition) is 8. The first-order valence-corrected chi connectivity index (χ1v) is 12.9. The average molecular weight is 513 g/mol. The van der Waals surface area contributed by atoms with Gasteiger partial charge in [0.1, 0.15) is 12.2 Å². The van der Waals surface area contributed by atoms with Crippen molar-refractivity contribution in [3.05, 3.63) is 47.5 Å². The van der Waals surface area contributed by atoms with Gasteiger partial charge in [-0.15, -0.1) is 0 Å². The number of aliphatic hydroxyl groups excluding tert-OH is 1. The maximum Gasteiger partial charge on any atom is 0.305 e. The summed E-state index contributed by atoms with van der Waals surface area (Å²) in [6.45, 7) is 8.94. The summed E-state index contributed by atoms with van der Waals surface area (Å²) in [4.78, 5) is 39.2. The maximum absolute atomic E-state index is 13.9. The van der Waals surface area contributed by atoms with E-state index in [-0.39, 0.29) is 30.8 Å². The quantitative estimate of drug-likeness (QED) is 0.469. The number of fused-ring (bicyclic) bond motifs is 4. The van der Waals surface area contributed by atoms with E-state index in [4.69, 9.17) is 18.6 Å². The third kappa shape index (κ3) is 3.44. The van der Waals surface area contributed by atoms with Crippen LogP contribution in [0.3, 0.4) is 0 Å². The van der Waals surface area contributed by atoms with Crippen LogP contribution in [0.1, 0.15) is 58.9 Å². The second-order valence-electron chi connectivity index (χ2n) is 11.8. The van der Waals surface area contributed by atoms with Crippen LogP contribution < -0.4 is 0 Å². The van der Waals surface area contributed by atoms with Crippen molar-refractivity contribution in [3.8, 4) is 0 Å². The highest BCUT2D eigenvalue weighted by Crippen LogP contribution is 2.70. The number of hydrogen-bond donors (Lipinski definition) is 1. The molecule has 8 heteroatoms. The predicted octanol–water partition coefficient (Wildman–Crippen LogP) is 3.74. The smallest absolute Gasteiger partial charge is 0.305 e. The number of ketones is 1. The van der Waals surface area contributed by atoms with Gasteiger partial charge in [0.15, 0.2) is 5.78 Å². The van der Waals surface area contributed by atoms with Crippen molar-refractivity contribution in [2.75, 3.05) is 13.7 Å². The molecule has 5 rings (SSSR count). The lowest BCUT2D eigenvalue weighted by Crippen LogP contribution is -2.69. The Labute approximate surface area is 217 Å². The summed E-state index contributed by atoms with van der Waals surface area (Å²) in [6, 6.07) is 1.95. The highest BCUT2D eigenvalue weighted by molar-refractivity contribution is 5.97. The first-order valence-electron chi connectivity index (χ1n) is 12.9. The number of allylic oxidation sites excluding steroid dienone is 2. The summed E-state index contributed by atoms with van der Waals surface area (Å²) >= 11 is 0. The zero-order chi connectivity index (χ0) is 26.9. The van der Waals surface area contributed by atoms with Crippen LogP contribution in [0.4, 0.5) is 0 Å². The van der Waals surface area contributed by atoms with Gasteiger partial charge in [-0.05, 0) is 42.5 Å². The Balaban J connectivity index is 1.76. The summed E-state index contributed by atoms with van der Waals surface area (Å²) < 4.78 is 23.3. The van der Waals surface area contributed by atoms with Crippen LogP contribution in [0.25, 0.3) is 0 Å². The van der Waals surface area contributed by atoms with Crippen molar-refractivity contribution in [1.29, 1.82) is 0 Å². The fraction of sp³-hybridized carbons (Fsp3) is 0.621. The molecule has 0 aromatic carbocycles. The second-order valence-corrected chi connectivity index (χ2v) is 11.8. The molecule has 9 unspecified atom stereocenters. The molecule has 1 saturated heterocycles. The molecule has 2 heterocycles. The van der Waals surface area contributed by atoms with E-state index in [1.54, 1.807) is 18.6 Å². The van der Waals surface area contributed by atoms with Gasteiger partial charge in [-0.25, -0.2) is 0 Å². The number of esters is 2. The fourth-order valence-corrected chi connectivity index (χ4v) is 8.42. The fourth-order valence-electron chi connectivity index (χ4n) is 8.42. The molecule has 4 aliphatic rings. The minimum atomic E-state index is -1.13. The van der Waals surface area contributed by atoms with Gasteiger partial charge in [-0.1, -0.05) is 32.4 Å². The first-order chi connectivity index (χ1) is 17.4. The highest BCUT2D eigenvalue weighted by atomic mass is 16.6. The number of rotatable bonds is 5. The molecule has 0 radical (unpaired) electrons. The van der Waals surface area contributed by atoms with E-state index in [0.29, 0.717) is 6.42 Å². The second kappa shape index (κ2) is 8.67. The molecule has 0 bridgehead atoms. The van der Waals surface area contributed by atoms with E-state index in [1.165, 1.54) is 20.1 Å².